The van der Waals surface area contributed by atoms with E-state index < -0.39 is 18.0 Å². The molecule has 0 unspecified atom stereocenters. The Morgan fingerprint density at radius 3 is 2.62 bits per heavy atom. The highest BCUT2D eigenvalue weighted by Gasteiger charge is 2.43. The minimum Gasteiger partial charge on any atom is -0.478 e. The zero-order chi connectivity index (χ0) is 33.5. The van der Waals surface area contributed by atoms with Crippen molar-refractivity contribution in [2.24, 2.45) is 4.99 Å². The zero-order valence-corrected chi connectivity index (χ0v) is 28.4. The number of carbonyl (C=O) groups is 3. The van der Waals surface area contributed by atoms with Crippen LogP contribution in [-0.2, 0) is 9.53 Å². The van der Waals surface area contributed by atoms with Gasteiger partial charge in [0.05, 0.1) is 36.5 Å². The molecule has 3 aliphatic rings. The first kappa shape index (κ1) is 32.2. The van der Waals surface area contributed by atoms with Crippen LogP contribution in [-0.4, -0.2) is 94.6 Å². The maximum Gasteiger partial charge on any atom is 0.338 e. The molecule has 2 aromatic heterocycles. The second-order valence-corrected chi connectivity index (χ2v) is 13.8. The number of urea groups is 1. The van der Waals surface area contributed by atoms with Crippen LogP contribution in [0.2, 0.25) is 10.0 Å². The third-order valence-corrected chi connectivity index (χ3v) is 10.6. The van der Waals surface area contributed by atoms with E-state index in [9.17, 15) is 19.5 Å². The van der Waals surface area contributed by atoms with Crippen LogP contribution in [0.5, 0.6) is 0 Å². The fourth-order valence-electron chi connectivity index (χ4n) is 6.07. The van der Waals surface area contributed by atoms with Gasteiger partial charge < -0.3 is 20.1 Å². The first-order valence-corrected chi connectivity index (χ1v) is 17.3. The fraction of sp³-hybridized carbons (Fsp3) is 0.250. The number of piperazine rings is 1. The van der Waals surface area contributed by atoms with Crippen molar-refractivity contribution >= 4 is 74.8 Å². The number of nitrogens with one attached hydrogen (secondary N) is 1. The van der Waals surface area contributed by atoms with Gasteiger partial charge in [0, 0.05) is 70.0 Å². The molecule has 12 nitrogen and oxygen atoms in total. The van der Waals surface area contributed by atoms with Crippen molar-refractivity contribution in [3.63, 3.8) is 0 Å². The number of fused-ring (bicyclic) bond motifs is 1. The first-order chi connectivity index (χ1) is 23.2. The number of carbonyl (C=O) groups excluding carboxylic acids is 2. The molecule has 0 radical (unpaired) electrons. The summed E-state index contributed by atoms with van der Waals surface area (Å²) in [5.74, 6) is -1.01. The van der Waals surface area contributed by atoms with E-state index in [0.717, 1.165) is 5.56 Å². The molecule has 2 amide bonds. The molecule has 2 atom stereocenters. The number of ether oxygens (including phenoxy) is 1. The second-order valence-electron chi connectivity index (χ2n) is 11.3. The van der Waals surface area contributed by atoms with Crippen LogP contribution >= 0.6 is 45.9 Å². The zero-order valence-electron chi connectivity index (χ0n) is 25.3. The lowest BCUT2D eigenvalue weighted by Gasteiger charge is -2.38. The number of halogens is 2. The van der Waals surface area contributed by atoms with Gasteiger partial charge in [-0.15, -0.1) is 22.7 Å². The third kappa shape index (κ3) is 6.17. The molecule has 4 aromatic rings. The van der Waals surface area contributed by atoms with E-state index in [-0.39, 0.29) is 17.6 Å². The number of hydrogen-bond donors (Lipinski definition) is 2. The van der Waals surface area contributed by atoms with E-state index in [2.05, 4.69) is 15.2 Å². The van der Waals surface area contributed by atoms with Gasteiger partial charge in [0.25, 0.3) is 0 Å². The number of nitrogens with zero attached hydrogens (tertiary/aromatic N) is 6. The molecule has 2 saturated heterocycles. The average Bonchev–Trinajstić information content (AvgIpc) is 3.85. The largest absolute Gasteiger partial charge is 0.478 e. The number of carboxylic acid groups (broad SMARTS) is 1. The number of benzene rings is 2. The molecule has 0 spiro atoms. The molecule has 0 bridgehead atoms. The number of carboxylic acids is 1. The molecule has 0 aliphatic carbocycles. The number of hydrogen-bond acceptors (Lipinski definition) is 11. The quantitative estimate of drug-likeness (QED) is 0.228. The third-order valence-electron chi connectivity index (χ3n) is 8.39. The molecule has 2 N–H and O–H groups in total. The molecule has 246 valence electrons. The van der Waals surface area contributed by atoms with Crippen molar-refractivity contribution in [1.29, 1.82) is 0 Å². The van der Waals surface area contributed by atoms with Crippen molar-refractivity contribution in [3.8, 4) is 11.3 Å². The van der Waals surface area contributed by atoms with Crippen molar-refractivity contribution in [2.75, 3.05) is 44.7 Å². The number of aromatic nitrogens is 2. The van der Waals surface area contributed by atoms with Crippen molar-refractivity contribution in [3.05, 3.63) is 96.9 Å². The van der Waals surface area contributed by atoms with Crippen LogP contribution in [0, 0.1) is 0 Å². The molecule has 48 heavy (non-hydrogen) atoms. The van der Waals surface area contributed by atoms with Crippen molar-refractivity contribution in [1.82, 2.24) is 25.1 Å². The van der Waals surface area contributed by atoms with E-state index in [0.29, 0.717) is 81.3 Å². The Kier molecular flexibility index (Phi) is 8.92. The molecular weight excluding hydrogens is 697 g/mol. The number of thiazole rings is 2. The van der Waals surface area contributed by atoms with Crippen LogP contribution in [0.4, 0.5) is 9.93 Å². The Hall–Kier alpha value is -4.34. The average molecular weight is 725 g/mol. The maximum atomic E-state index is 13.5. The van der Waals surface area contributed by atoms with Gasteiger partial charge in [-0.25, -0.2) is 24.4 Å². The summed E-state index contributed by atoms with van der Waals surface area (Å²) in [5.41, 5.74) is 3.19. The van der Waals surface area contributed by atoms with E-state index in [4.69, 9.17) is 37.9 Å². The Balaban J connectivity index is 1.13. The number of methoxy groups -OCH3 is 1. The van der Waals surface area contributed by atoms with Crippen LogP contribution in [0.3, 0.4) is 0 Å². The number of amides is 2. The SMILES string of the molecule is COC(=O)C1=C(CN2CCN3C(=O)N(c4nc(-c5ccc(C(=O)O)cc5)cs4)C[C@@H]3C2)NC(c2nccs2)=N[C@H]1c1ccc(Cl)cc1Cl. The Morgan fingerprint density at radius 2 is 1.92 bits per heavy atom. The summed E-state index contributed by atoms with van der Waals surface area (Å²) in [6.45, 7) is 2.45. The lowest BCUT2D eigenvalue weighted by molar-refractivity contribution is -0.136. The first-order valence-electron chi connectivity index (χ1n) is 14.8. The fourth-order valence-corrected chi connectivity index (χ4v) is 8.01. The molecule has 3 aliphatic heterocycles. The predicted molar refractivity (Wildman–Crippen MR) is 184 cm³/mol. The van der Waals surface area contributed by atoms with Gasteiger partial charge in [0.1, 0.15) is 6.04 Å². The Labute approximate surface area is 292 Å². The molecule has 7 rings (SSSR count). The topological polar surface area (TPSA) is 141 Å². The molecular formula is C32H27Cl2N7O5S2. The summed E-state index contributed by atoms with van der Waals surface area (Å²) in [6.07, 6.45) is 1.69. The molecule has 2 fully saturated rings. The van der Waals surface area contributed by atoms with E-state index >= 15 is 0 Å². The van der Waals surface area contributed by atoms with Crippen LogP contribution in [0.25, 0.3) is 11.3 Å². The normalized spacial score (nSPS) is 19.6. The summed E-state index contributed by atoms with van der Waals surface area (Å²) >= 11 is 15.6. The van der Waals surface area contributed by atoms with Crippen LogP contribution in [0.1, 0.15) is 27.0 Å². The van der Waals surface area contributed by atoms with Gasteiger partial charge in [-0.1, -0.05) is 41.4 Å². The molecule has 0 saturated carbocycles. The number of aromatic carboxylic acids is 1. The van der Waals surface area contributed by atoms with Gasteiger partial charge in [0.2, 0.25) is 0 Å². The molecule has 16 heteroatoms. The number of amidine groups is 1. The van der Waals surface area contributed by atoms with Gasteiger partial charge in [-0.3, -0.25) is 14.8 Å². The Morgan fingerprint density at radius 1 is 1.10 bits per heavy atom. The van der Waals surface area contributed by atoms with Gasteiger partial charge in [-0.2, -0.15) is 0 Å². The van der Waals surface area contributed by atoms with E-state index in [1.54, 1.807) is 41.4 Å². The van der Waals surface area contributed by atoms with Gasteiger partial charge in [0.15, 0.2) is 16.0 Å². The minimum atomic E-state index is -0.996. The lowest BCUT2D eigenvalue weighted by Crippen LogP contribution is -2.53. The van der Waals surface area contributed by atoms with Crippen molar-refractivity contribution in [2.45, 2.75) is 12.1 Å². The summed E-state index contributed by atoms with van der Waals surface area (Å²) < 4.78 is 5.25. The number of rotatable bonds is 8. The van der Waals surface area contributed by atoms with Gasteiger partial charge >= 0.3 is 18.0 Å². The maximum absolute atomic E-state index is 13.5. The Bertz CT molecular complexity index is 1960. The minimum absolute atomic E-state index is 0.104. The number of esters is 1. The highest BCUT2D eigenvalue weighted by atomic mass is 35.5. The summed E-state index contributed by atoms with van der Waals surface area (Å²) in [4.78, 5) is 57.9. The summed E-state index contributed by atoms with van der Waals surface area (Å²) in [5, 5.41) is 18.4. The van der Waals surface area contributed by atoms with E-state index in [1.807, 2.05) is 15.7 Å². The predicted octanol–water partition coefficient (Wildman–Crippen LogP) is 5.42. The number of anilines is 1. The standard InChI is InChI=1S/C32H27Cl2N7O5S2/c1-46-30(44)25-23(36-27(28-35-8-11-47-28)38-26(25)21-7-6-19(33)12-22(21)34)15-39-9-10-40-20(13-39)14-41(32(40)45)31-37-24(16-48-31)17-2-4-18(5-3-17)29(42)43/h2-8,11-12,16,20,26H,9-10,13-15H2,1H3,(H,36,38)(H,42,43)/t20-,26-/m0/s1. The van der Waals surface area contributed by atoms with Crippen LogP contribution in [0.15, 0.2) is 75.7 Å². The second kappa shape index (κ2) is 13.3. The lowest BCUT2D eigenvalue weighted by atomic mass is 9.95. The summed E-state index contributed by atoms with van der Waals surface area (Å²) in [6, 6.07) is 10.6. The van der Waals surface area contributed by atoms with Crippen LogP contribution < -0.4 is 10.2 Å². The summed E-state index contributed by atoms with van der Waals surface area (Å²) in [7, 11) is 1.33. The monoisotopic (exact) mass is 723 g/mol. The van der Waals surface area contributed by atoms with E-state index in [1.165, 1.54) is 41.9 Å². The molecule has 5 heterocycles. The van der Waals surface area contributed by atoms with Crippen molar-refractivity contribution < 1.29 is 24.2 Å². The highest BCUT2D eigenvalue weighted by molar-refractivity contribution is 7.14. The number of aliphatic imine (C=N–C) groups is 1. The highest BCUT2D eigenvalue weighted by Crippen LogP contribution is 2.38. The smallest absolute Gasteiger partial charge is 0.338 e. The molecule has 2 aromatic carbocycles. The van der Waals surface area contributed by atoms with Gasteiger partial charge in [-0.05, 0) is 24.3 Å².